The van der Waals surface area contributed by atoms with Crippen molar-refractivity contribution in [3.8, 4) is 23.8 Å². The zero-order chi connectivity index (χ0) is 16.5. The van der Waals surface area contributed by atoms with Crippen LogP contribution in [0.15, 0.2) is 53.6 Å². The van der Waals surface area contributed by atoms with Crippen molar-refractivity contribution in [2.45, 2.75) is 0 Å². The lowest BCUT2D eigenvalue weighted by Crippen LogP contribution is -2.18. The summed E-state index contributed by atoms with van der Waals surface area (Å²) in [5, 5.41) is 3.94. The van der Waals surface area contributed by atoms with E-state index in [9.17, 15) is 4.79 Å². The molecule has 0 radical (unpaired) electrons. The van der Waals surface area contributed by atoms with Gasteiger partial charge < -0.3 is 9.47 Å². The first-order valence-corrected chi connectivity index (χ1v) is 6.87. The maximum atomic E-state index is 12.1. The number of nitrogens with zero attached hydrogens (tertiary/aromatic N) is 1. The van der Waals surface area contributed by atoms with Crippen LogP contribution in [-0.4, -0.2) is 25.8 Å². The lowest BCUT2D eigenvalue weighted by molar-refractivity contribution is 0.0952. The third-order valence-corrected chi connectivity index (χ3v) is 2.91. The number of hydrazone groups is 1. The molecule has 0 aliphatic heterocycles. The average molecular weight is 308 g/mol. The first kappa shape index (κ1) is 16.1. The van der Waals surface area contributed by atoms with Gasteiger partial charge in [0, 0.05) is 0 Å². The fourth-order valence-corrected chi connectivity index (χ4v) is 1.87. The Hall–Kier alpha value is -3.26. The minimum absolute atomic E-state index is 0.200. The van der Waals surface area contributed by atoms with E-state index in [0.717, 1.165) is 5.56 Å². The predicted octanol–water partition coefficient (Wildman–Crippen LogP) is 2.47. The summed E-state index contributed by atoms with van der Waals surface area (Å²) < 4.78 is 10.5. The summed E-state index contributed by atoms with van der Waals surface area (Å²) >= 11 is 0. The Kier molecular flexibility index (Phi) is 5.78. The number of benzene rings is 2. The SMILES string of the molecule is C#CCOc1cccc(/C=N\NC(=O)c2ccccc2OC)c1. The fourth-order valence-electron chi connectivity index (χ4n) is 1.87. The number of ether oxygens (including phenoxy) is 2. The minimum Gasteiger partial charge on any atom is -0.496 e. The van der Waals surface area contributed by atoms with Gasteiger partial charge in [0.15, 0.2) is 0 Å². The first-order valence-electron chi connectivity index (χ1n) is 6.87. The van der Waals surface area contributed by atoms with Crippen LogP contribution >= 0.6 is 0 Å². The first-order chi connectivity index (χ1) is 11.2. The monoisotopic (exact) mass is 308 g/mol. The molecule has 1 amide bonds. The molecule has 5 nitrogen and oxygen atoms in total. The molecule has 0 aromatic heterocycles. The molecule has 2 aromatic carbocycles. The highest BCUT2D eigenvalue weighted by Gasteiger charge is 2.09. The molecule has 5 heteroatoms. The summed E-state index contributed by atoms with van der Waals surface area (Å²) in [6, 6.07) is 14.1. The Morgan fingerprint density at radius 3 is 2.91 bits per heavy atom. The molecule has 0 aliphatic rings. The number of rotatable bonds is 6. The van der Waals surface area contributed by atoms with Crippen LogP contribution < -0.4 is 14.9 Å². The van der Waals surface area contributed by atoms with E-state index in [0.29, 0.717) is 17.1 Å². The number of carbonyl (C=O) groups is 1. The van der Waals surface area contributed by atoms with Crippen molar-refractivity contribution in [1.82, 2.24) is 5.43 Å². The Morgan fingerprint density at radius 2 is 2.13 bits per heavy atom. The summed E-state index contributed by atoms with van der Waals surface area (Å²) in [5.41, 5.74) is 3.65. The number of hydrogen-bond acceptors (Lipinski definition) is 4. The van der Waals surface area contributed by atoms with Crippen LogP contribution in [0.3, 0.4) is 0 Å². The maximum Gasteiger partial charge on any atom is 0.275 e. The molecular formula is C18H16N2O3. The summed E-state index contributed by atoms with van der Waals surface area (Å²) in [5.74, 6) is 3.18. The molecule has 2 rings (SSSR count). The van der Waals surface area contributed by atoms with Crippen molar-refractivity contribution in [3.05, 3.63) is 59.7 Å². The highest BCUT2D eigenvalue weighted by Crippen LogP contribution is 2.16. The Bertz CT molecular complexity index is 748. The van der Waals surface area contributed by atoms with Gasteiger partial charge in [-0.15, -0.1) is 6.42 Å². The molecule has 0 saturated carbocycles. The van der Waals surface area contributed by atoms with Crippen LogP contribution in [0.1, 0.15) is 15.9 Å². The number of terminal acetylenes is 1. The van der Waals surface area contributed by atoms with E-state index in [4.69, 9.17) is 15.9 Å². The highest BCUT2D eigenvalue weighted by molar-refractivity contribution is 5.97. The Labute approximate surface area is 134 Å². The number of para-hydroxylation sites is 1. The van der Waals surface area contributed by atoms with Gasteiger partial charge in [-0.05, 0) is 29.8 Å². The zero-order valence-corrected chi connectivity index (χ0v) is 12.7. The normalized spacial score (nSPS) is 10.1. The molecule has 0 spiro atoms. The van der Waals surface area contributed by atoms with Gasteiger partial charge in [0.05, 0.1) is 18.9 Å². The van der Waals surface area contributed by atoms with Crippen molar-refractivity contribution in [2.75, 3.05) is 13.7 Å². The largest absolute Gasteiger partial charge is 0.496 e. The molecule has 0 unspecified atom stereocenters. The zero-order valence-electron chi connectivity index (χ0n) is 12.7. The third kappa shape index (κ3) is 4.61. The maximum absolute atomic E-state index is 12.1. The van der Waals surface area contributed by atoms with Crippen molar-refractivity contribution in [3.63, 3.8) is 0 Å². The van der Waals surface area contributed by atoms with E-state index in [1.165, 1.54) is 13.3 Å². The fraction of sp³-hybridized carbons (Fsp3) is 0.111. The second-order valence-electron chi connectivity index (χ2n) is 4.46. The second-order valence-corrected chi connectivity index (χ2v) is 4.46. The summed E-state index contributed by atoms with van der Waals surface area (Å²) in [6.07, 6.45) is 6.67. The van der Waals surface area contributed by atoms with Gasteiger partial charge in [0.25, 0.3) is 5.91 Å². The van der Waals surface area contributed by atoms with E-state index in [1.807, 2.05) is 12.1 Å². The molecular weight excluding hydrogens is 292 g/mol. The highest BCUT2D eigenvalue weighted by atomic mass is 16.5. The molecule has 0 atom stereocenters. The average Bonchev–Trinajstić information content (AvgIpc) is 2.60. The van der Waals surface area contributed by atoms with Gasteiger partial charge in [0.2, 0.25) is 0 Å². The summed E-state index contributed by atoms with van der Waals surface area (Å²) in [4.78, 5) is 12.1. The van der Waals surface area contributed by atoms with E-state index in [-0.39, 0.29) is 12.5 Å². The molecule has 0 bridgehead atoms. The standard InChI is InChI=1S/C18H16N2O3/c1-3-11-23-15-8-6-7-14(12-15)13-19-20-18(21)16-9-4-5-10-17(16)22-2/h1,4-10,12-13H,11H2,2H3,(H,20,21)/b19-13-. The second kappa shape index (κ2) is 8.25. The van der Waals surface area contributed by atoms with E-state index in [1.54, 1.807) is 36.4 Å². The van der Waals surface area contributed by atoms with Gasteiger partial charge in [-0.2, -0.15) is 5.10 Å². The van der Waals surface area contributed by atoms with E-state index >= 15 is 0 Å². The quantitative estimate of drug-likeness (QED) is 0.506. The molecule has 0 heterocycles. The summed E-state index contributed by atoms with van der Waals surface area (Å²) in [7, 11) is 1.51. The number of methoxy groups -OCH3 is 1. The molecule has 2 aromatic rings. The van der Waals surface area contributed by atoms with Crippen molar-refractivity contribution in [2.24, 2.45) is 5.10 Å². The molecule has 116 valence electrons. The molecule has 23 heavy (non-hydrogen) atoms. The van der Waals surface area contributed by atoms with Gasteiger partial charge in [-0.3, -0.25) is 4.79 Å². The van der Waals surface area contributed by atoms with Crippen molar-refractivity contribution < 1.29 is 14.3 Å². The van der Waals surface area contributed by atoms with Gasteiger partial charge in [-0.25, -0.2) is 5.43 Å². The van der Waals surface area contributed by atoms with E-state index < -0.39 is 0 Å². The van der Waals surface area contributed by atoms with Gasteiger partial charge in [0.1, 0.15) is 18.1 Å². The van der Waals surface area contributed by atoms with Gasteiger partial charge >= 0.3 is 0 Å². The lowest BCUT2D eigenvalue weighted by atomic mass is 10.2. The Balaban J connectivity index is 2.01. The Morgan fingerprint density at radius 1 is 1.30 bits per heavy atom. The number of amides is 1. The summed E-state index contributed by atoms with van der Waals surface area (Å²) in [6.45, 7) is 0.200. The van der Waals surface area contributed by atoms with E-state index in [2.05, 4.69) is 16.4 Å². The predicted molar refractivity (Wildman–Crippen MR) is 88.8 cm³/mol. The molecule has 0 fully saturated rings. The van der Waals surface area contributed by atoms with Crippen LogP contribution in [0.25, 0.3) is 0 Å². The molecule has 1 N–H and O–H groups in total. The minimum atomic E-state index is -0.349. The van der Waals surface area contributed by atoms with Crippen LogP contribution in [0.4, 0.5) is 0 Å². The number of hydrogen-bond donors (Lipinski definition) is 1. The molecule has 0 aliphatic carbocycles. The smallest absolute Gasteiger partial charge is 0.275 e. The van der Waals surface area contributed by atoms with Crippen molar-refractivity contribution in [1.29, 1.82) is 0 Å². The van der Waals surface area contributed by atoms with Gasteiger partial charge in [-0.1, -0.05) is 30.2 Å². The lowest BCUT2D eigenvalue weighted by Gasteiger charge is -2.06. The topological polar surface area (TPSA) is 59.9 Å². The van der Waals surface area contributed by atoms with Crippen LogP contribution in [-0.2, 0) is 0 Å². The van der Waals surface area contributed by atoms with Crippen LogP contribution in [0, 0.1) is 12.3 Å². The number of carbonyl (C=O) groups excluding carboxylic acids is 1. The van der Waals surface area contributed by atoms with Crippen molar-refractivity contribution >= 4 is 12.1 Å². The third-order valence-electron chi connectivity index (χ3n) is 2.91. The van der Waals surface area contributed by atoms with Crippen LogP contribution in [0.2, 0.25) is 0 Å². The molecule has 0 saturated heterocycles. The number of nitrogens with one attached hydrogen (secondary N) is 1. The van der Waals surface area contributed by atoms with Crippen LogP contribution in [0.5, 0.6) is 11.5 Å².